The van der Waals surface area contributed by atoms with Gasteiger partial charge >= 0.3 is 5.97 Å². The molecule has 3 heterocycles. The Morgan fingerprint density at radius 3 is 2.83 bits per heavy atom. The summed E-state index contributed by atoms with van der Waals surface area (Å²) in [6.45, 7) is 3.10. The Morgan fingerprint density at radius 1 is 1.29 bits per heavy atom. The van der Waals surface area contributed by atoms with E-state index in [1.807, 2.05) is 25.1 Å². The molecule has 1 saturated heterocycles. The van der Waals surface area contributed by atoms with Crippen LogP contribution in [0, 0.1) is 0 Å². The molecule has 1 fully saturated rings. The molecular formula is C17H19N3O3S. The van der Waals surface area contributed by atoms with Crippen molar-refractivity contribution in [2.75, 3.05) is 19.0 Å². The fraction of sp³-hybridized carbons (Fsp3) is 0.412. The van der Waals surface area contributed by atoms with Crippen LogP contribution < -0.4 is 0 Å². The Morgan fingerprint density at radius 2 is 2.17 bits per heavy atom. The second-order valence-corrected chi connectivity index (χ2v) is 6.47. The van der Waals surface area contributed by atoms with Crippen molar-refractivity contribution < 1.29 is 14.3 Å². The van der Waals surface area contributed by atoms with Crippen LogP contribution in [-0.2, 0) is 14.3 Å². The van der Waals surface area contributed by atoms with Crippen molar-refractivity contribution >= 4 is 17.7 Å². The van der Waals surface area contributed by atoms with Gasteiger partial charge in [0.2, 0.25) is 0 Å². The minimum Gasteiger partial charge on any atom is -0.462 e. The van der Waals surface area contributed by atoms with Crippen LogP contribution in [0.15, 0.2) is 41.8 Å². The smallest absolute Gasteiger partial charge is 0.316 e. The molecule has 0 aromatic carbocycles. The van der Waals surface area contributed by atoms with Crippen molar-refractivity contribution in [3.05, 3.63) is 36.7 Å². The van der Waals surface area contributed by atoms with E-state index in [1.54, 1.807) is 18.5 Å². The van der Waals surface area contributed by atoms with Gasteiger partial charge in [0.15, 0.2) is 5.16 Å². The van der Waals surface area contributed by atoms with E-state index in [1.165, 1.54) is 11.8 Å². The molecule has 3 rings (SSSR count). The number of carbonyl (C=O) groups excluding carboxylic acids is 1. The third-order valence-corrected chi connectivity index (χ3v) is 4.82. The molecule has 1 aliphatic heterocycles. The highest BCUT2D eigenvalue weighted by molar-refractivity contribution is 7.99. The molecule has 0 amide bonds. The van der Waals surface area contributed by atoms with Gasteiger partial charge in [0.05, 0.1) is 23.7 Å². The molecule has 1 unspecified atom stereocenters. The first-order valence-corrected chi connectivity index (χ1v) is 8.86. The molecule has 0 spiro atoms. The number of ether oxygens (including phenoxy) is 2. The van der Waals surface area contributed by atoms with Crippen molar-refractivity contribution in [2.45, 2.75) is 30.5 Å². The van der Waals surface area contributed by atoms with Crippen molar-refractivity contribution in [3.63, 3.8) is 0 Å². The van der Waals surface area contributed by atoms with Gasteiger partial charge in [-0.2, -0.15) is 0 Å². The van der Waals surface area contributed by atoms with Crippen LogP contribution in [-0.4, -0.2) is 45.5 Å². The minimum absolute atomic E-state index is 0.172. The van der Waals surface area contributed by atoms with E-state index in [-0.39, 0.29) is 17.3 Å². The first-order chi connectivity index (χ1) is 11.7. The summed E-state index contributed by atoms with van der Waals surface area (Å²) in [7, 11) is 0. The summed E-state index contributed by atoms with van der Waals surface area (Å²) >= 11 is 1.26. The van der Waals surface area contributed by atoms with Crippen LogP contribution in [0.2, 0.25) is 0 Å². The molecule has 126 valence electrons. The summed E-state index contributed by atoms with van der Waals surface area (Å²) < 4.78 is 10.9. The van der Waals surface area contributed by atoms with Gasteiger partial charge in [0, 0.05) is 18.8 Å². The first kappa shape index (κ1) is 16.9. The van der Waals surface area contributed by atoms with E-state index >= 15 is 0 Å². The quantitative estimate of drug-likeness (QED) is 0.434. The van der Waals surface area contributed by atoms with Crippen LogP contribution in [0.5, 0.6) is 0 Å². The fourth-order valence-corrected chi connectivity index (χ4v) is 2.96. The lowest BCUT2D eigenvalue weighted by atomic mass is 9.93. The minimum atomic E-state index is -0.282. The fourth-order valence-electron chi connectivity index (χ4n) is 2.33. The number of nitrogens with zero attached hydrogens (tertiary/aromatic N) is 3. The number of rotatable bonds is 7. The predicted molar refractivity (Wildman–Crippen MR) is 90.5 cm³/mol. The molecule has 0 N–H and O–H groups in total. The summed E-state index contributed by atoms with van der Waals surface area (Å²) in [5, 5.41) is 0.528. The summed E-state index contributed by atoms with van der Waals surface area (Å²) in [5.74, 6) is -0.110. The van der Waals surface area contributed by atoms with Crippen LogP contribution in [0.3, 0.4) is 0 Å². The van der Waals surface area contributed by atoms with Crippen molar-refractivity contribution in [2.24, 2.45) is 0 Å². The Kier molecular flexibility index (Phi) is 5.42. The van der Waals surface area contributed by atoms with Crippen LogP contribution in [0.1, 0.15) is 19.8 Å². The van der Waals surface area contributed by atoms with Gasteiger partial charge in [0.25, 0.3) is 0 Å². The Labute approximate surface area is 145 Å². The molecular weight excluding hydrogens is 326 g/mol. The molecule has 24 heavy (non-hydrogen) atoms. The lowest BCUT2D eigenvalue weighted by Crippen LogP contribution is -2.47. The Hall–Kier alpha value is -1.99. The van der Waals surface area contributed by atoms with Gasteiger partial charge in [-0.25, -0.2) is 9.97 Å². The molecule has 2 aromatic rings. The zero-order chi connectivity index (χ0) is 16.8. The molecule has 0 aliphatic carbocycles. The van der Waals surface area contributed by atoms with E-state index in [9.17, 15) is 4.79 Å². The van der Waals surface area contributed by atoms with Gasteiger partial charge in [0.1, 0.15) is 12.2 Å². The maximum absolute atomic E-state index is 11.9. The maximum Gasteiger partial charge on any atom is 0.316 e. The highest BCUT2D eigenvalue weighted by Gasteiger charge is 2.37. The number of carbonyl (C=O) groups is 1. The molecule has 1 aliphatic rings. The van der Waals surface area contributed by atoms with Gasteiger partial charge in [-0.15, -0.1) is 0 Å². The normalized spacial score (nSPS) is 19.5. The zero-order valence-electron chi connectivity index (χ0n) is 13.5. The van der Waals surface area contributed by atoms with E-state index in [2.05, 4.69) is 15.0 Å². The van der Waals surface area contributed by atoms with E-state index in [0.717, 1.165) is 30.8 Å². The number of esters is 1. The Balaban J connectivity index is 1.52. The highest BCUT2D eigenvalue weighted by Crippen LogP contribution is 2.30. The molecule has 0 radical (unpaired) electrons. The topological polar surface area (TPSA) is 74.2 Å². The summed E-state index contributed by atoms with van der Waals surface area (Å²) in [4.78, 5) is 24.8. The molecule has 2 aromatic heterocycles. The van der Waals surface area contributed by atoms with E-state index in [0.29, 0.717) is 11.8 Å². The largest absolute Gasteiger partial charge is 0.462 e. The van der Waals surface area contributed by atoms with Crippen molar-refractivity contribution in [3.8, 4) is 11.4 Å². The van der Waals surface area contributed by atoms with Crippen LogP contribution >= 0.6 is 11.8 Å². The monoisotopic (exact) mass is 345 g/mol. The van der Waals surface area contributed by atoms with Crippen LogP contribution in [0.25, 0.3) is 11.4 Å². The predicted octanol–water partition coefficient (Wildman–Crippen LogP) is 2.74. The lowest BCUT2D eigenvalue weighted by molar-refractivity contribution is -0.188. The third-order valence-electron chi connectivity index (χ3n) is 3.99. The van der Waals surface area contributed by atoms with Crippen molar-refractivity contribution in [1.29, 1.82) is 0 Å². The number of hydrogen-bond donors (Lipinski definition) is 0. The molecule has 0 bridgehead atoms. The molecule has 1 atom stereocenters. The highest BCUT2D eigenvalue weighted by atomic mass is 32.2. The lowest BCUT2D eigenvalue weighted by Gasteiger charge is -2.40. The summed E-state index contributed by atoms with van der Waals surface area (Å²) in [5.41, 5.74) is 1.24. The number of pyridine rings is 1. The van der Waals surface area contributed by atoms with Gasteiger partial charge in [-0.3, -0.25) is 9.78 Å². The zero-order valence-corrected chi connectivity index (χ0v) is 14.3. The second kappa shape index (κ2) is 7.72. The number of aromatic nitrogens is 3. The first-order valence-electron chi connectivity index (χ1n) is 7.88. The summed E-state index contributed by atoms with van der Waals surface area (Å²) in [6.07, 6.45) is 5.18. The van der Waals surface area contributed by atoms with Gasteiger partial charge in [-0.05, 0) is 24.6 Å². The maximum atomic E-state index is 11.9. The van der Waals surface area contributed by atoms with Crippen LogP contribution in [0.4, 0.5) is 0 Å². The third kappa shape index (κ3) is 4.10. The molecule has 0 saturated carbocycles. The molecule has 7 heteroatoms. The Bertz CT molecular complexity index is 687. The average Bonchev–Trinajstić information content (AvgIpc) is 2.60. The summed E-state index contributed by atoms with van der Waals surface area (Å²) in [6, 6.07) is 7.43. The SMILES string of the molecule is CCC1(COC(=O)CSc2nccc(-c3ccccn3)n2)CCO1. The van der Waals surface area contributed by atoms with Crippen molar-refractivity contribution in [1.82, 2.24) is 15.0 Å². The van der Waals surface area contributed by atoms with E-state index in [4.69, 9.17) is 9.47 Å². The van der Waals surface area contributed by atoms with Gasteiger partial charge < -0.3 is 9.47 Å². The standard InChI is InChI=1S/C17H19N3O3S/c1-2-17(7-10-23-17)12-22-15(21)11-24-16-19-9-6-14(20-16)13-5-3-4-8-18-13/h3-6,8-9H,2,7,10-12H2,1H3. The van der Waals surface area contributed by atoms with Gasteiger partial charge in [-0.1, -0.05) is 24.8 Å². The van der Waals surface area contributed by atoms with E-state index < -0.39 is 0 Å². The average molecular weight is 345 g/mol. The number of hydrogen-bond acceptors (Lipinski definition) is 7. The molecule has 6 nitrogen and oxygen atoms in total. The second-order valence-electron chi connectivity index (χ2n) is 5.52. The number of thioether (sulfide) groups is 1.